The number of amides is 1. The molecule has 1 aromatic rings. The molecule has 0 bridgehead atoms. The zero-order valence-corrected chi connectivity index (χ0v) is 12.7. The van der Waals surface area contributed by atoms with Crippen LogP contribution in [0.4, 0.5) is 5.95 Å². The largest absolute Gasteiger partial charge is 0.369 e. The van der Waals surface area contributed by atoms with E-state index in [1.54, 1.807) is 4.90 Å². The normalized spacial score (nSPS) is 16.1. The van der Waals surface area contributed by atoms with Crippen molar-refractivity contribution in [2.45, 2.75) is 32.1 Å². The third-order valence-electron chi connectivity index (χ3n) is 3.58. The number of anilines is 1. The Bertz CT molecular complexity index is 477. The topological polar surface area (TPSA) is 70.5 Å². The van der Waals surface area contributed by atoms with Crippen molar-refractivity contribution in [2.75, 3.05) is 26.0 Å². The Hall–Kier alpha value is -1.98. The number of aromatic nitrogens is 2. The summed E-state index contributed by atoms with van der Waals surface area (Å²) in [5.74, 6) is 0.963. The lowest BCUT2D eigenvalue weighted by Gasteiger charge is -2.21. The summed E-state index contributed by atoms with van der Waals surface area (Å²) in [6, 6.07) is 0. The van der Waals surface area contributed by atoms with Crippen LogP contribution in [0.2, 0.25) is 0 Å². The molecule has 2 rings (SSSR count). The van der Waals surface area contributed by atoms with E-state index in [1.807, 2.05) is 14.1 Å². The number of nitrogens with one attached hydrogen (secondary N) is 1. The fourth-order valence-corrected chi connectivity index (χ4v) is 2.40. The van der Waals surface area contributed by atoms with Gasteiger partial charge in [-0.3, -0.25) is 4.79 Å². The van der Waals surface area contributed by atoms with Gasteiger partial charge in [0, 0.05) is 33.0 Å². The molecule has 1 saturated carbocycles. The van der Waals surface area contributed by atoms with Gasteiger partial charge < -0.3 is 10.2 Å². The molecule has 1 fully saturated rings. The molecule has 0 spiro atoms. The van der Waals surface area contributed by atoms with Crippen LogP contribution in [0.25, 0.3) is 0 Å². The lowest BCUT2D eigenvalue weighted by atomic mass is 9.89. The quantitative estimate of drug-likeness (QED) is 0.664. The molecule has 1 aromatic heterocycles. The zero-order chi connectivity index (χ0) is 15.1. The van der Waals surface area contributed by atoms with Crippen molar-refractivity contribution in [2.24, 2.45) is 10.9 Å². The highest BCUT2D eigenvalue weighted by Gasteiger charge is 2.13. The minimum atomic E-state index is -0.331. The molecule has 1 aliphatic rings. The monoisotopic (exact) mass is 289 g/mol. The van der Waals surface area contributed by atoms with E-state index < -0.39 is 0 Å². The van der Waals surface area contributed by atoms with E-state index in [1.165, 1.54) is 50.8 Å². The van der Waals surface area contributed by atoms with Gasteiger partial charge in [0.1, 0.15) is 0 Å². The molecule has 114 valence electrons. The van der Waals surface area contributed by atoms with Crippen LogP contribution in [0.5, 0.6) is 0 Å². The molecule has 0 saturated heterocycles. The highest BCUT2D eigenvalue weighted by Crippen LogP contribution is 2.23. The van der Waals surface area contributed by atoms with Gasteiger partial charge in [-0.2, -0.15) is 4.99 Å². The Labute approximate surface area is 125 Å². The van der Waals surface area contributed by atoms with Crippen molar-refractivity contribution in [3.05, 3.63) is 18.0 Å². The van der Waals surface area contributed by atoms with Crippen LogP contribution in [0.3, 0.4) is 0 Å². The van der Waals surface area contributed by atoms with Crippen molar-refractivity contribution in [1.29, 1.82) is 0 Å². The zero-order valence-electron chi connectivity index (χ0n) is 12.7. The molecular weight excluding hydrogens is 266 g/mol. The summed E-state index contributed by atoms with van der Waals surface area (Å²) in [5.41, 5.74) is 0.399. The maximum atomic E-state index is 11.7. The number of rotatable bonds is 5. The van der Waals surface area contributed by atoms with Crippen LogP contribution in [0, 0.1) is 5.92 Å². The van der Waals surface area contributed by atoms with Gasteiger partial charge in [0.25, 0.3) is 5.91 Å². The van der Waals surface area contributed by atoms with Crippen molar-refractivity contribution in [1.82, 2.24) is 14.9 Å². The molecule has 0 unspecified atom stereocenters. The van der Waals surface area contributed by atoms with Crippen molar-refractivity contribution in [3.63, 3.8) is 0 Å². The second kappa shape index (κ2) is 7.71. The summed E-state index contributed by atoms with van der Waals surface area (Å²) in [6.45, 7) is 0.909. The number of hydrogen-bond acceptors (Lipinski definition) is 4. The average Bonchev–Trinajstić information content (AvgIpc) is 2.52. The summed E-state index contributed by atoms with van der Waals surface area (Å²) >= 11 is 0. The Morgan fingerprint density at radius 2 is 2.00 bits per heavy atom. The fourth-order valence-electron chi connectivity index (χ4n) is 2.40. The number of nitrogens with zero attached hydrogens (tertiary/aromatic N) is 4. The first-order valence-electron chi connectivity index (χ1n) is 7.46. The third kappa shape index (κ3) is 5.13. The number of aliphatic imine (C=N–C) groups is 1. The van der Waals surface area contributed by atoms with Crippen LogP contribution in [-0.2, 0) is 0 Å². The lowest BCUT2D eigenvalue weighted by Crippen LogP contribution is -2.18. The molecule has 0 aromatic carbocycles. The molecule has 1 aliphatic carbocycles. The molecule has 1 heterocycles. The van der Waals surface area contributed by atoms with Gasteiger partial charge in [0.2, 0.25) is 5.95 Å². The second-order valence-corrected chi connectivity index (χ2v) is 5.69. The van der Waals surface area contributed by atoms with E-state index in [4.69, 9.17) is 0 Å². The van der Waals surface area contributed by atoms with Gasteiger partial charge in [-0.1, -0.05) is 19.3 Å². The number of hydrogen-bond donors (Lipinski definition) is 1. The molecule has 0 aliphatic heterocycles. The molecule has 0 radical (unpaired) electrons. The van der Waals surface area contributed by atoms with E-state index in [9.17, 15) is 4.79 Å². The minimum absolute atomic E-state index is 0.331. The van der Waals surface area contributed by atoms with Crippen LogP contribution >= 0.6 is 0 Å². The summed E-state index contributed by atoms with van der Waals surface area (Å²) in [7, 11) is 3.62. The second-order valence-electron chi connectivity index (χ2n) is 5.69. The fraction of sp³-hybridized carbons (Fsp3) is 0.600. The summed E-state index contributed by atoms with van der Waals surface area (Å²) in [4.78, 5) is 25.6. The molecule has 6 heteroatoms. The molecule has 6 nitrogen and oxygen atoms in total. The summed E-state index contributed by atoms with van der Waals surface area (Å²) in [5, 5.41) is 3.25. The van der Waals surface area contributed by atoms with Crippen molar-refractivity contribution in [3.8, 4) is 0 Å². The van der Waals surface area contributed by atoms with Gasteiger partial charge in [-0.05, 0) is 18.8 Å². The first kappa shape index (κ1) is 15.4. The highest BCUT2D eigenvalue weighted by molar-refractivity contribution is 5.98. The Kier molecular flexibility index (Phi) is 5.66. The molecule has 1 amide bonds. The SMILES string of the molecule is CN(C)C=NC(=O)c1cnc(NCC2CCCCC2)nc1. The van der Waals surface area contributed by atoms with Crippen LogP contribution in [0.1, 0.15) is 42.5 Å². The Morgan fingerprint density at radius 3 is 2.62 bits per heavy atom. The molecule has 0 atom stereocenters. The van der Waals surface area contributed by atoms with Gasteiger partial charge in [-0.15, -0.1) is 0 Å². The summed E-state index contributed by atoms with van der Waals surface area (Å²) in [6.07, 6.45) is 11.1. The maximum Gasteiger partial charge on any atom is 0.281 e. The number of carbonyl (C=O) groups excluding carboxylic acids is 1. The molecular formula is C15H23N5O. The van der Waals surface area contributed by atoms with Gasteiger partial charge >= 0.3 is 0 Å². The molecule has 21 heavy (non-hydrogen) atoms. The lowest BCUT2D eigenvalue weighted by molar-refractivity contribution is 0.100. The van der Waals surface area contributed by atoms with E-state index in [0.29, 0.717) is 17.4 Å². The minimum Gasteiger partial charge on any atom is -0.369 e. The number of carbonyl (C=O) groups is 1. The highest BCUT2D eigenvalue weighted by atomic mass is 16.1. The van der Waals surface area contributed by atoms with Crippen LogP contribution < -0.4 is 5.32 Å². The average molecular weight is 289 g/mol. The first-order valence-corrected chi connectivity index (χ1v) is 7.46. The Morgan fingerprint density at radius 1 is 1.33 bits per heavy atom. The molecule has 1 N–H and O–H groups in total. The van der Waals surface area contributed by atoms with Crippen LogP contribution in [-0.4, -0.2) is 47.8 Å². The van der Waals surface area contributed by atoms with Crippen LogP contribution in [0.15, 0.2) is 17.4 Å². The Balaban J connectivity index is 1.85. The van der Waals surface area contributed by atoms with E-state index >= 15 is 0 Å². The van der Waals surface area contributed by atoms with Gasteiger partial charge in [0.15, 0.2) is 0 Å². The van der Waals surface area contributed by atoms with E-state index in [2.05, 4.69) is 20.3 Å². The summed E-state index contributed by atoms with van der Waals surface area (Å²) < 4.78 is 0. The predicted octanol–water partition coefficient (Wildman–Crippen LogP) is 2.20. The first-order chi connectivity index (χ1) is 10.1. The smallest absolute Gasteiger partial charge is 0.281 e. The van der Waals surface area contributed by atoms with Crippen molar-refractivity contribution >= 4 is 18.2 Å². The van der Waals surface area contributed by atoms with Crippen molar-refractivity contribution < 1.29 is 4.79 Å². The maximum absolute atomic E-state index is 11.7. The van der Waals surface area contributed by atoms with E-state index in [0.717, 1.165) is 6.54 Å². The third-order valence-corrected chi connectivity index (χ3v) is 3.58. The van der Waals surface area contributed by atoms with E-state index in [-0.39, 0.29) is 5.91 Å². The van der Waals surface area contributed by atoms with Gasteiger partial charge in [0.05, 0.1) is 11.9 Å². The standard InChI is InChI=1S/C15H23N5O/c1-20(2)11-19-14(21)13-9-17-15(18-10-13)16-8-12-6-4-3-5-7-12/h9-12H,3-8H2,1-2H3,(H,16,17,18). The predicted molar refractivity (Wildman–Crippen MR) is 83.6 cm³/mol. The van der Waals surface area contributed by atoms with Gasteiger partial charge in [-0.25, -0.2) is 9.97 Å².